The van der Waals surface area contributed by atoms with Crippen LogP contribution in [0.2, 0.25) is 0 Å². The molecule has 4 heteroatoms. The average molecular weight is 266 g/mol. The van der Waals surface area contributed by atoms with E-state index < -0.39 is 0 Å². The number of nitrogens with one attached hydrogen (secondary N) is 2. The Hall–Kier alpha value is -0.900. The summed E-state index contributed by atoms with van der Waals surface area (Å²) in [6.45, 7) is 0.469. The summed E-state index contributed by atoms with van der Waals surface area (Å²) in [5.41, 5.74) is 0. The molecule has 0 radical (unpaired) electrons. The van der Waals surface area contributed by atoms with Crippen LogP contribution in [0.3, 0.4) is 0 Å². The molecule has 0 aromatic rings. The summed E-state index contributed by atoms with van der Waals surface area (Å²) in [5, 5.41) is 6.27. The van der Waals surface area contributed by atoms with Crippen molar-refractivity contribution in [1.29, 1.82) is 0 Å². The first-order valence-corrected chi connectivity index (χ1v) is 7.78. The predicted molar refractivity (Wildman–Crippen MR) is 74.9 cm³/mol. The topological polar surface area (TPSA) is 58.2 Å². The third kappa shape index (κ3) is 5.31. The Kier molecular flexibility index (Phi) is 5.83. The molecule has 2 fully saturated rings. The van der Waals surface area contributed by atoms with Crippen molar-refractivity contribution in [2.45, 2.75) is 76.3 Å². The summed E-state index contributed by atoms with van der Waals surface area (Å²) in [4.78, 5) is 23.0. The molecule has 0 aromatic heterocycles. The highest BCUT2D eigenvalue weighted by Crippen LogP contribution is 2.17. The third-order valence-electron chi connectivity index (χ3n) is 4.25. The van der Waals surface area contributed by atoms with E-state index in [1.54, 1.807) is 0 Å². The molecular formula is C15H26N2O2. The average Bonchev–Trinajstić information content (AvgIpc) is 2.73. The Morgan fingerprint density at radius 3 is 2.42 bits per heavy atom. The van der Waals surface area contributed by atoms with Crippen molar-refractivity contribution in [3.63, 3.8) is 0 Å². The van der Waals surface area contributed by atoms with E-state index in [1.165, 1.54) is 44.9 Å². The van der Waals surface area contributed by atoms with Gasteiger partial charge in [0.05, 0.1) is 6.54 Å². The van der Waals surface area contributed by atoms with Gasteiger partial charge in [-0.05, 0) is 19.3 Å². The fraction of sp³-hybridized carbons (Fsp3) is 0.867. The molecule has 2 aliphatic rings. The minimum absolute atomic E-state index is 0.0825. The molecule has 1 amide bonds. The molecule has 1 saturated carbocycles. The van der Waals surface area contributed by atoms with Crippen LogP contribution >= 0.6 is 0 Å². The van der Waals surface area contributed by atoms with Gasteiger partial charge in [0.15, 0.2) is 0 Å². The zero-order valence-electron chi connectivity index (χ0n) is 11.7. The molecule has 1 saturated heterocycles. The highest BCUT2D eigenvalue weighted by atomic mass is 16.2. The zero-order valence-corrected chi connectivity index (χ0v) is 11.7. The van der Waals surface area contributed by atoms with Crippen LogP contribution < -0.4 is 10.6 Å². The van der Waals surface area contributed by atoms with Crippen molar-refractivity contribution in [1.82, 2.24) is 10.6 Å². The van der Waals surface area contributed by atoms with E-state index in [1.807, 2.05) is 0 Å². The van der Waals surface area contributed by atoms with Gasteiger partial charge in [0.25, 0.3) is 0 Å². The molecular weight excluding hydrogens is 240 g/mol. The Labute approximate surface area is 115 Å². The first-order valence-electron chi connectivity index (χ1n) is 7.78. The fourth-order valence-corrected chi connectivity index (χ4v) is 3.10. The number of Topliss-reactive ketones (excluding diaryl/α,β-unsaturated/α-hetero) is 1. The zero-order chi connectivity index (χ0) is 13.5. The van der Waals surface area contributed by atoms with Gasteiger partial charge in [-0.15, -0.1) is 0 Å². The third-order valence-corrected chi connectivity index (χ3v) is 4.25. The second-order valence-electron chi connectivity index (χ2n) is 5.97. The summed E-state index contributed by atoms with van der Waals surface area (Å²) in [7, 11) is 0. The van der Waals surface area contributed by atoms with Crippen molar-refractivity contribution in [3.8, 4) is 0 Å². The second kappa shape index (κ2) is 7.63. The molecule has 1 atom stereocenters. The largest absolute Gasteiger partial charge is 0.353 e. The van der Waals surface area contributed by atoms with Gasteiger partial charge in [0, 0.05) is 24.9 Å². The van der Waals surface area contributed by atoms with Gasteiger partial charge in [-0.1, -0.05) is 32.1 Å². The van der Waals surface area contributed by atoms with Crippen LogP contribution in [-0.2, 0) is 9.59 Å². The maximum absolute atomic E-state index is 11.9. The molecule has 0 spiro atoms. The van der Waals surface area contributed by atoms with Crippen LogP contribution in [0.4, 0.5) is 0 Å². The Morgan fingerprint density at radius 1 is 1.11 bits per heavy atom. The normalized spacial score (nSPS) is 25.7. The monoisotopic (exact) mass is 266 g/mol. The molecule has 1 aliphatic carbocycles. The summed E-state index contributed by atoms with van der Waals surface area (Å²) in [6, 6.07) is 0.599. The molecule has 2 rings (SSSR count). The summed E-state index contributed by atoms with van der Waals surface area (Å²) in [5.74, 6) is 0.319. The molecule has 0 unspecified atom stereocenters. The maximum atomic E-state index is 11.9. The summed E-state index contributed by atoms with van der Waals surface area (Å²) in [6.07, 6.45) is 10.9. The molecule has 108 valence electrons. The number of amides is 1. The number of carbonyl (C=O) groups excluding carboxylic acids is 2. The van der Waals surface area contributed by atoms with Crippen molar-refractivity contribution >= 4 is 11.7 Å². The molecule has 0 aromatic carbocycles. The van der Waals surface area contributed by atoms with Crippen molar-refractivity contribution < 1.29 is 9.59 Å². The lowest BCUT2D eigenvalue weighted by Crippen LogP contribution is -2.36. The minimum Gasteiger partial charge on any atom is -0.353 e. The first-order chi connectivity index (χ1) is 9.24. The lowest BCUT2D eigenvalue weighted by Gasteiger charge is -2.21. The van der Waals surface area contributed by atoms with Gasteiger partial charge >= 0.3 is 0 Å². The van der Waals surface area contributed by atoms with E-state index >= 15 is 0 Å². The number of carbonyl (C=O) groups is 2. The molecule has 19 heavy (non-hydrogen) atoms. The van der Waals surface area contributed by atoms with Crippen molar-refractivity contribution in [2.24, 2.45) is 0 Å². The van der Waals surface area contributed by atoms with Crippen LogP contribution in [0.15, 0.2) is 0 Å². The SMILES string of the molecule is O=C(CNC1CCCCCCC1)C[C@@H]1CCC(=O)N1. The summed E-state index contributed by atoms with van der Waals surface area (Å²) >= 11 is 0. The Bertz CT molecular complexity index is 309. The van der Waals surface area contributed by atoms with E-state index in [0.717, 1.165) is 6.42 Å². The number of hydrogen-bond acceptors (Lipinski definition) is 3. The van der Waals surface area contributed by atoms with Crippen LogP contribution in [0.1, 0.15) is 64.2 Å². The van der Waals surface area contributed by atoms with Crippen LogP contribution in [0.25, 0.3) is 0 Å². The fourth-order valence-electron chi connectivity index (χ4n) is 3.10. The minimum atomic E-state index is 0.0825. The highest BCUT2D eigenvalue weighted by Gasteiger charge is 2.23. The van der Waals surface area contributed by atoms with E-state index in [0.29, 0.717) is 25.4 Å². The van der Waals surface area contributed by atoms with Crippen molar-refractivity contribution in [2.75, 3.05) is 6.54 Å². The molecule has 1 heterocycles. The summed E-state index contributed by atoms with van der Waals surface area (Å²) < 4.78 is 0. The second-order valence-corrected chi connectivity index (χ2v) is 5.97. The van der Waals surface area contributed by atoms with Crippen LogP contribution in [0.5, 0.6) is 0 Å². The number of rotatable bonds is 5. The van der Waals surface area contributed by atoms with Gasteiger partial charge in [-0.25, -0.2) is 0 Å². The lowest BCUT2D eigenvalue weighted by molar-refractivity contribution is -0.119. The molecule has 2 N–H and O–H groups in total. The Morgan fingerprint density at radius 2 is 1.79 bits per heavy atom. The van der Waals surface area contributed by atoms with E-state index in [-0.39, 0.29) is 17.7 Å². The van der Waals surface area contributed by atoms with Gasteiger partial charge in [0.1, 0.15) is 5.78 Å². The lowest BCUT2D eigenvalue weighted by atomic mass is 9.96. The number of ketones is 1. The van der Waals surface area contributed by atoms with Gasteiger partial charge in [0.2, 0.25) is 5.91 Å². The van der Waals surface area contributed by atoms with Gasteiger partial charge in [-0.2, -0.15) is 0 Å². The van der Waals surface area contributed by atoms with E-state index in [2.05, 4.69) is 10.6 Å². The van der Waals surface area contributed by atoms with Gasteiger partial charge in [-0.3, -0.25) is 9.59 Å². The highest BCUT2D eigenvalue weighted by molar-refractivity contribution is 5.84. The molecule has 0 bridgehead atoms. The maximum Gasteiger partial charge on any atom is 0.220 e. The Balaban J connectivity index is 1.63. The van der Waals surface area contributed by atoms with Crippen molar-refractivity contribution in [3.05, 3.63) is 0 Å². The smallest absolute Gasteiger partial charge is 0.220 e. The van der Waals surface area contributed by atoms with Gasteiger partial charge < -0.3 is 10.6 Å². The van der Waals surface area contributed by atoms with Crippen LogP contribution in [0, 0.1) is 0 Å². The number of hydrogen-bond donors (Lipinski definition) is 2. The molecule has 1 aliphatic heterocycles. The quantitative estimate of drug-likeness (QED) is 0.799. The van der Waals surface area contributed by atoms with Crippen LogP contribution in [-0.4, -0.2) is 30.3 Å². The first kappa shape index (κ1) is 14.5. The van der Waals surface area contributed by atoms with E-state index in [9.17, 15) is 9.59 Å². The predicted octanol–water partition coefficient (Wildman–Crippen LogP) is 1.93. The standard InChI is InChI=1S/C15H26N2O2/c18-14(10-13-8-9-15(19)17-13)11-16-12-6-4-2-1-3-5-7-12/h12-13,16H,1-11H2,(H,17,19)/t13-/m0/s1. The molecule has 4 nitrogen and oxygen atoms in total. The van der Waals surface area contributed by atoms with E-state index in [4.69, 9.17) is 0 Å².